The van der Waals surface area contributed by atoms with Crippen molar-refractivity contribution in [3.8, 4) is 39.9 Å². The first-order valence-electron chi connectivity index (χ1n) is 15.2. The molecule has 0 spiro atoms. The van der Waals surface area contributed by atoms with E-state index in [1.54, 1.807) is 0 Å². The Morgan fingerprint density at radius 1 is 0.413 bits per heavy atom. The first kappa shape index (κ1) is 26.6. The summed E-state index contributed by atoms with van der Waals surface area (Å²) in [7, 11) is 0. The highest BCUT2D eigenvalue weighted by Crippen LogP contribution is 2.41. The average Bonchev–Trinajstić information content (AvgIpc) is 3.42. The van der Waals surface area contributed by atoms with Crippen LogP contribution in [0.4, 0.5) is 0 Å². The molecule has 0 aliphatic rings. The van der Waals surface area contributed by atoms with Crippen LogP contribution < -0.4 is 0 Å². The number of benzene rings is 7. The first-order chi connectivity index (χ1) is 22.7. The Morgan fingerprint density at radius 2 is 0.978 bits per heavy atom. The summed E-state index contributed by atoms with van der Waals surface area (Å²) in [6.07, 6.45) is 0. The van der Waals surface area contributed by atoms with Crippen LogP contribution in [0.2, 0.25) is 5.02 Å². The Hall–Kier alpha value is -5.84. The van der Waals surface area contributed by atoms with Crippen molar-refractivity contribution in [3.05, 3.63) is 157 Å². The van der Waals surface area contributed by atoms with Gasteiger partial charge in [-0.05, 0) is 52.6 Å². The summed E-state index contributed by atoms with van der Waals surface area (Å²) in [6.45, 7) is 0. The fourth-order valence-electron chi connectivity index (χ4n) is 6.52. The first-order valence-corrected chi connectivity index (χ1v) is 15.6. The van der Waals surface area contributed by atoms with Crippen LogP contribution in [0.1, 0.15) is 0 Å². The Labute approximate surface area is 270 Å². The lowest BCUT2D eigenvalue weighted by atomic mass is 10.0. The minimum Gasteiger partial charge on any atom is -0.308 e. The van der Waals surface area contributed by atoms with Crippen LogP contribution in [-0.2, 0) is 0 Å². The molecule has 46 heavy (non-hydrogen) atoms. The third-order valence-electron chi connectivity index (χ3n) is 8.66. The number of aromatic nitrogens is 4. The van der Waals surface area contributed by atoms with Crippen LogP contribution in [-0.4, -0.2) is 19.5 Å². The smallest absolute Gasteiger partial charge is 0.166 e. The average molecular weight is 609 g/mol. The number of halogens is 1. The highest BCUT2D eigenvalue weighted by atomic mass is 35.5. The van der Waals surface area contributed by atoms with Crippen LogP contribution >= 0.6 is 11.6 Å². The fraction of sp³-hybridized carbons (Fsp3) is 0. The molecule has 5 heteroatoms. The molecular formula is C41H25ClN4. The van der Waals surface area contributed by atoms with Gasteiger partial charge in [0.2, 0.25) is 0 Å². The second-order valence-corrected chi connectivity index (χ2v) is 11.9. The van der Waals surface area contributed by atoms with E-state index in [4.69, 9.17) is 26.6 Å². The molecule has 216 valence electrons. The number of hydrogen-bond donors (Lipinski definition) is 0. The zero-order valence-electron chi connectivity index (χ0n) is 24.6. The molecule has 0 radical (unpaired) electrons. The van der Waals surface area contributed by atoms with Gasteiger partial charge in [0, 0.05) is 37.9 Å². The highest BCUT2D eigenvalue weighted by molar-refractivity contribution is 6.32. The summed E-state index contributed by atoms with van der Waals surface area (Å²) < 4.78 is 2.36. The number of rotatable bonds is 4. The summed E-state index contributed by atoms with van der Waals surface area (Å²) in [5.74, 6) is 1.87. The van der Waals surface area contributed by atoms with Gasteiger partial charge < -0.3 is 4.57 Å². The molecule has 0 unspecified atom stereocenters. The predicted octanol–water partition coefficient (Wildman–Crippen LogP) is 10.9. The van der Waals surface area contributed by atoms with E-state index < -0.39 is 0 Å². The van der Waals surface area contributed by atoms with E-state index in [2.05, 4.69) is 89.5 Å². The van der Waals surface area contributed by atoms with Gasteiger partial charge in [-0.3, -0.25) is 0 Å². The normalized spacial score (nSPS) is 11.6. The molecule has 0 saturated heterocycles. The van der Waals surface area contributed by atoms with E-state index in [1.807, 2.05) is 66.7 Å². The summed E-state index contributed by atoms with van der Waals surface area (Å²) in [4.78, 5) is 15.2. The van der Waals surface area contributed by atoms with Gasteiger partial charge in [0.15, 0.2) is 17.5 Å². The molecule has 0 bridgehead atoms. The number of fused-ring (bicyclic) bond motifs is 5. The molecule has 0 aliphatic heterocycles. The molecule has 0 atom stereocenters. The van der Waals surface area contributed by atoms with Gasteiger partial charge >= 0.3 is 0 Å². The van der Waals surface area contributed by atoms with E-state index in [0.717, 1.165) is 55.0 Å². The highest BCUT2D eigenvalue weighted by Gasteiger charge is 2.22. The van der Waals surface area contributed by atoms with Crippen molar-refractivity contribution in [2.75, 3.05) is 0 Å². The topological polar surface area (TPSA) is 43.6 Å². The zero-order valence-corrected chi connectivity index (χ0v) is 25.4. The Bertz CT molecular complexity index is 2530. The summed E-state index contributed by atoms with van der Waals surface area (Å²) >= 11 is 6.63. The molecule has 0 fully saturated rings. The van der Waals surface area contributed by atoms with Crippen molar-refractivity contribution in [3.63, 3.8) is 0 Å². The minimum absolute atomic E-state index is 0.609. The van der Waals surface area contributed by atoms with E-state index in [1.165, 1.54) is 10.8 Å². The number of nitrogens with zero attached hydrogens (tertiary/aromatic N) is 4. The van der Waals surface area contributed by atoms with Crippen molar-refractivity contribution in [1.29, 1.82) is 0 Å². The monoisotopic (exact) mass is 608 g/mol. The standard InChI is InChI=1S/C41H25ClN4/c42-31-20-22-36-35(25-31)34-23-29-16-7-8-17-30(29)24-37(34)46(36)38-32-18-10-9-11-26(32)19-21-33(38)41-44-39(27-12-3-1-4-13-27)43-40(45-41)28-14-5-2-6-15-28/h1-25H. The van der Waals surface area contributed by atoms with Crippen LogP contribution in [0.5, 0.6) is 0 Å². The van der Waals surface area contributed by atoms with E-state index >= 15 is 0 Å². The molecule has 0 N–H and O–H groups in total. The Kier molecular flexibility index (Phi) is 6.15. The minimum atomic E-state index is 0.609. The van der Waals surface area contributed by atoms with E-state index in [0.29, 0.717) is 22.5 Å². The third-order valence-corrected chi connectivity index (χ3v) is 8.89. The molecule has 0 saturated carbocycles. The van der Waals surface area contributed by atoms with Gasteiger partial charge in [0.25, 0.3) is 0 Å². The van der Waals surface area contributed by atoms with Crippen molar-refractivity contribution < 1.29 is 0 Å². The molecule has 4 nitrogen and oxygen atoms in total. The molecule has 9 rings (SSSR count). The molecule has 9 aromatic rings. The predicted molar refractivity (Wildman–Crippen MR) is 190 cm³/mol. The lowest BCUT2D eigenvalue weighted by Crippen LogP contribution is -2.04. The van der Waals surface area contributed by atoms with Crippen LogP contribution in [0.25, 0.3) is 83.2 Å². The molecule has 0 amide bonds. The molecule has 7 aromatic carbocycles. The molecule has 2 aromatic heterocycles. The Morgan fingerprint density at radius 3 is 1.67 bits per heavy atom. The van der Waals surface area contributed by atoms with Gasteiger partial charge in [-0.1, -0.05) is 127 Å². The van der Waals surface area contributed by atoms with Crippen molar-refractivity contribution in [2.45, 2.75) is 0 Å². The SMILES string of the molecule is Clc1ccc2c(c1)c1cc3ccccc3cc1n2-c1c(-c2nc(-c3ccccc3)nc(-c3ccccc3)n2)ccc2ccccc12. The van der Waals surface area contributed by atoms with Crippen LogP contribution in [0, 0.1) is 0 Å². The van der Waals surface area contributed by atoms with Gasteiger partial charge in [0.1, 0.15) is 0 Å². The van der Waals surface area contributed by atoms with Crippen molar-refractivity contribution >= 4 is 55.0 Å². The maximum atomic E-state index is 6.63. The van der Waals surface area contributed by atoms with Gasteiger partial charge in [-0.15, -0.1) is 0 Å². The van der Waals surface area contributed by atoms with Crippen LogP contribution in [0.3, 0.4) is 0 Å². The largest absolute Gasteiger partial charge is 0.308 e. The molecular weight excluding hydrogens is 584 g/mol. The van der Waals surface area contributed by atoms with Gasteiger partial charge in [-0.2, -0.15) is 0 Å². The van der Waals surface area contributed by atoms with Gasteiger partial charge in [-0.25, -0.2) is 15.0 Å². The van der Waals surface area contributed by atoms with E-state index in [-0.39, 0.29) is 0 Å². The van der Waals surface area contributed by atoms with Crippen LogP contribution in [0.15, 0.2) is 152 Å². The second kappa shape index (κ2) is 10.7. The Balaban J connectivity index is 1.42. The lowest BCUT2D eigenvalue weighted by molar-refractivity contribution is 1.07. The third kappa shape index (κ3) is 4.34. The maximum absolute atomic E-state index is 6.63. The number of hydrogen-bond acceptors (Lipinski definition) is 3. The summed E-state index contributed by atoms with van der Waals surface area (Å²) in [5, 5.41) is 7.53. The van der Waals surface area contributed by atoms with Crippen molar-refractivity contribution in [2.24, 2.45) is 0 Å². The lowest BCUT2D eigenvalue weighted by Gasteiger charge is -2.17. The van der Waals surface area contributed by atoms with Crippen molar-refractivity contribution in [1.82, 2.24) is 19.5 Å². The van der Waals surface area contributed by atoms with E-state index in [9.17, 15) is 0 Å². The summed E-state index contributed by atoms with van der Waals surface area (Å²) in [5.41, 5.74) is 5.95. The second-order valence-electron chi connectivity index (χ2n) is 11.4. The van der Waals surface area contributed by atoms with Gasteiger partial charge in [0.05, 0.1) is 16.7 Å². The quantitative estimate of drug-likeness (QED) is 0.200. The fourth-order valence-corrected chi connectivity index (χ4v) is 6.70. The summed E-state index contributed by atoms with van der Waals surface area (Å²) in [6, 6.07) is 52.2. The maximum Gasteiger partial charge on any atom is 0.166 e. The molecule has 2 heterocycles. The zero-order chi connectivity index (χ0) is 30.6. The molecule has 0 aliphatic carbocycles.